The number of ether oxygens (including phenoxy) is 1. The Kier molecular flexibility index (Phi) is 13.6. The number of nitrogens with zero attached hydrogens (tertiary/aromatic N) is 2. The minimum atomic E-state index is -0.928. The highest BCUT2D eigenvalue weighted by Crippen LogP contribution is 2.39. The van der Waals surface area contributed by atoms with Crippen LogP contribution in [0, 0.1) is 26.1 Å². The van der Waals surface area contributed by atoms with Crippen LogP contribution in [0.3, 0.4) is 0 Å². The number of carbonyl (C=O) groups is 1. The van der Waals surface area contributed by atoms with Crippen molar-refractivity contribution in [2.24, 2.45) is 5.92 Å². The van der Waals surface area contributed by atoms with Crippen LogP contribution in [0.1, 0.15) is 48.9 Å². The van der Waals surface area contributed by atoms with E-state index < -0.39 is 32.1 Å². The first kappa shape index (κ1) is 34.6. The van der Waals surface area contributed by atoms with Crippen molar-refractivity contribution < 1.29 is 34.0 Å². The van der Waals surface area contributed by atoms with E-state index in [0.29, 0.717) is 12.3 Å². The predicted octanol–water partition coefficient (Wildman–Crippen LogP) is 7.64. The molecule has 5 rings (SSSR count). The minimum Gasteiger partial charge on any atom is -0.691 e. The fourth-order valence-electron chi connectivity index (χ4n) is 5.08. The monoisotopic (exact) mass is 664 g/mol. The van der Waals surface area contributed by atoms with Gasteiger partial charge in [0.15, 0.2) is 19.6 Å². The molecule has 46 heavy (non-hydrogen) atoms. The number of nitro groups is 2. The van der Waals surface area contributed by atoms with Crippen molar-refractivity contribution in [3.8, 4) is 0 Å². The van der Waals surface area contributed by atoms with Crippen LogP contribution in [0.2, 0.25) is 0 Å². The number of benzene rings is 4. The molecule has 0 heterocycles. The quantitative estimate of drug-likeness (QED) is 0.0368. The highest BCUT2D eigenvalue weighted by Gasteiger charge is 2.31. The zero-order valence-electron chi connectivity index (χ0n) is 24.7. The van der Waals surface area contributed by atoms with Gasteiger partial charge in [0.1, 0.15) is 0 Å². The van der Waals surface area contributed by atoms with Gasteiger partial charge in [-0.1, -0.05) is 86.7 Å². The first-order chi connectivity index (χ1) is 22.4. The Bertz CT molecular complexity index is 1440. The van der Waals surface area contributed by atoms with Gasteiger partial charge in [-0.05, 0) is 48.7 Å². The van der Waals surface area contributed by atoms with E-state index >= 15 is 0 Å². The standard InChI is InChI=1S/C18H15S.C15H18N2O9S/c1-4-10-16(11-5-1)19(17-12-6-2-7-13-17)18-14-8-3-9-15-18;18-15(24-7-6-10-4-2-1-3-5-10)11-8-12(16(19)20)14(27-26-25-23)13(9-11)17(21)22/h1-15H;8-10,23H,1-7H2/q+1;/p-1. The summed E-state index contributed by atoms with van der Waals surface area (Å²) in [5.74, 6) is -0.423. The molecule has 1 aliphatic rings. The maximum Gasteiger partial charge on any atom is 0.338 e. The van der Waals surface area contributed by atoms with Crippen LogP contribution in [0.15, 0.2) is 123 Å². The third-order valence-corrected chi connectivity index (χ3v) is 10.2. The molecule has 1 saturated carbocycles. The second-order valence-electron chi connectivity index (χ2n) is 10.3. The molecule has 0 amide bonds. The van der Waals surface area contributed by atoms with Crippen molar-refractivity contribution in [1.82, 2.24) is 0 Å². The molecule has 1 aliphatic carbocycles. The van der Waals surface area contributed by atoms with Crippen LogP contribution in [-0.2, 0) is 25.0 Å². The smallest absolute Gasteiger partial charge is 0.338 e. The molecule has 0 spiro atoms. The second kappa shape index (κ2) is 18.0. The Morgan fingerprint density at radius 2 is 1.22 bits per heavy atom. The van der Waals surface area contributed by atoms with Gasteiger partial charge in [0, 0.05) is 12.1 Å². The lowest BCUT2D eigenvalue weighted by Crippen LogP contribution is -2.13. The summed E-state index contributed by atoms with van der Waals surface area (Å²) in [4.78, 5) is 36.2. The van der Waals surface area contributed by atoms with Crippen LogP contribution >= 0.6 is 12.0 Å². The number of hydrogen-bond donors (Lipinski definition) is 0. The Hall–Kier alpha value is -4.27. The van der Waals surface area contributed by atoms with E-state index in [9.17, 15) is 30.3 Å². The average molecular weight is 665 g/mol. The van der Waals surface area contributed by atoms with Crippen molar-refractivity contribution in [3.63, 3.8) is 0 Å². The summed E-state index contributed by atoms with van der Waals surface area (Å²) in [5.41, 5.74) is -1.87. The summed E-state index contributed by atoms with van der Waals surface area (Å²) in [7, 11) is -0.0146. The summed E-state index contributed by atoms with van der Waals surface area (Å²) in [6.45, 7) is 0.134. The molecule has 0 atom stereocenters. The molecule has 0 saturated heterocycles. The van der Waals surface area contributed by atoms with Crippen molar-refractivity contribution in [3.05, 3.63) is 129 Å². The molecular formula is C33H32N2O9S2. The number of carbonyl (C=O) groups excluding carboxylic acids is 1. The molecule has 4 aromatic rings. The summed E-state index contributed by atoms with van der Waals surface area (Å²) < 4.78 is 9.09. The van der Waals surface area contributed by atoms with Crippen LogP contribution in [0.5, 0.6) is 0 Å². The number of esters is 1. The molecule has 0 bridgehead atoms. The maximum absolute atomic E-state index is 12.2. The second-order valence-corrected chi connectivity index (χ2v) is 13.0. The van der Waals surface area contributed by atoms with Gasteiger partial charge in [0.05, 0.1) is 45.0 Å². The van der Waals surface area contributed by atoms with Gasteiger partial charge in [0.2, 0.25) is 0 Å². The van der Waals surface area contributed by atoms with Gasteiger partial charge in [-0.3, -0.25) is 25.3 Å². The molecule has 240 valence electrons. The lowest BCUT2D eigenvalue weighted by atomic mass is 9.87. The van der Waals surface area contributed by atoms with Crippen molar-refractivity contribution in [2.45, 2.75) is 58.1 Å². The maximum atomic E-state index is 12.2. The zero-order valence-corrected chi connectivity index (χ0v) is 26.4. The van der Waals surface area contributed by atoms with Gasteiger partial charge in [-0.25, -0.2) is 4.79 Å². The van der Waals surface area contributed by atoms with Gasteiger partial charge >= 0.3 is 5.97 Å². The summed E-state index contributed by atoms with van der Waals surface area (Å²) in [6.07, 6.45) is 6.31. The van der Waals surface area contributed by atoms with Gasteiger partial charge in [-0.15, -0.1) is 0 Å². The largest absolute Gasteiger partial charge is 0.691 e. The van der Waals surface area contributed by atoms with Gasteiger partial charge in [-0.2, -0.15) is 4.33 Å². The van der Waals surface area contributed by atoms with Crippen LogP contribution in [-0.4, -0.2) is 22.4 Å². The average Bonchev–Trinajstić information content (AvgIpc) is 3.09. The highest BCUT2D eigenvalue weighted by molar-refractivity contribution is 7.97. The fourth-order valence-corrected chi connectivity index (χ4v) is 7.71. The molecule has 11 nitrogen and oxygen atoms in total. The predicted molar refractivity (Wildman–Crippen MR) is 171 cm³/mol. The Labute approximate surface area is 273 Å². The Morgan fingerprint density at radius 1 is 0.761 bits per heavy atom. The molecular weight excluding hydrogens is 633 g/mol. The first-order valence-electron chi connectivity index (χ1n) is 14.6. The molecule has 13 heteroatoms. The number of hydrogen-bond acceptors (Lipinski definition) is 10. The molecule has 0 aliphatic heterocycles. The topological polar surface area (TPSA) is 154 Å². The molecule has 0 aromatic heterocycles. The zero-order chi connectivity index (χ0) is 32.7. The third-order valence-electron chi connectivity index (χ3n) is 7.24. The van der Waals surface area contributed by atoms with Crippen molar-refractivity contribution in [1.29, 1.82) is 0 Å². The molecule has 0 N–H and O–H groups in total. The van der Waals surface area contributed by atoms with E-state index in [1.165, 1.54) is 21.1 Å². The van der Waals surface area contributed by atoms with E-state index in [-0.39, 0.29) is 35.1 Å². The summed E-state index contributed by atoms with van der Waals surface area (Å²) in [6, 6.07) is 33.8. The van der Waals surface area contributed by atoms with Gasteiger partial charge < -0.3 is 9.99 Å². The Balaban J connectivity index is 0.000000221. The van der Waals surface area contributed by atoms with E-state index in [2.05, 4.69) is 100 Å². The van der Waals surface area contributed by atoms with E-state index in [1.807, 2.05) is 0 Å². The van der Waals surface area contributed by atoms with Crippen molar-refractivity contribution in [2.75, 3.05) is 6.61 Å². The van der Waals surface area contributed by atoms with Crippen LogP contribution in [0.4, 0.5) is 11.4 Å². The van der Waals surface area contributed by atoms with E-state index in [1.54, 1.807) is 0 Å². The van der Waals surface area contributed by atoms with Gasteiger partial charge in [0.25, 0.3) is 11.4 Å². The lowest BCUT2D eigenvalue weighted by molar-refractivity contribution is -0.777. The Morgan fingerprint density at radius 3 is 1.63 bits per heavy atom. The number of nitro benzene ring substituents is 2. The molecule has 4 aromatic carbocycles. The highest BCUT2D eigenvalue weighted by atomic mass is 32.2. The SMILES string of the molecule is O=C(OCCC1CCCCC1)c1cc([N+](=O)[O-])c(SOO[O-])c([N+](=O)[O-])c1.c1ccc([S+](c2ccccc2)c2ccccc2)cc1. The van der Waals surface area contributed by atoms with Crippen LogP contribution in [0.25, 0.3) is 0 Å². The molecule has 0 unspecified atom stereocenters. The molecule has 1 fully saturated rings. The normalized spacial score (nSPS) is 13.0. The van der Waals surface area contributed by atoms with E-state index in [0.717, 1.165) is 37.8 Å². The van der Waals surface area contributed by atoms with Crippen molar-refractivity contribution >= 4 is 40.3 Å². The molecule has 0 radical (unpaired) electrons. The first-order valence-corrected chi connectivity index (χ1v) is 16.5. The number of rotatable bonds is 12. The lowest BCUT2D eigenvalue weighted by Gasteiger charge is -2.21. The van der Waals surface area contributed by atoms with Crippen LogP contribution < -0.4 is 5.26 Å². The summed E-state index contributed by atoms with van der Waals surface area (Å²) in [5, 5.41) is 35.4. The third kappa shape index (κ3) is 9.86. The van der Waals surface area contributed by atoms with E-state index in [4.69, 9.17) is 4.74 Å². The minimum absolute atomic E-state index is 0.0146. The fraction of sp³-hybridized carbons (Fsp3) is 0.242. The summed E-state index contributed by atoms with van der Waals surface area (Å²) >= 11 is 0.0172.